The Kier molecular flexibility index (Phi) is 3.42. The molecule has 0 radical (unpaired) electrons. The van der Waals surface area contributed by atoms with Crippen molar-refractivity contribution in [3.05, 3.63) is 63.9 Å². The van der Waals surface area contributed by atoms with Gasteiger partial charge in [0.05, 0.1) is 5.60 Å². The van der Waals surface area contributed by atoms with E-state index in [4.69, 9.17) is 0 Å². The summed E-state index contributed by atoms with van der Waals surface area (Å²) in [6.07, 6.45) is 6.76. The number of aliphatic hydroxyl groups is 1. The lowest BCUT2D eigenvalue weighted by molar-refractivity contribution is 0.0266. The number of fused-ring (bicyclic) bond motifs is 1. The van der Waals surface area contributed by atoms with Crippen LogP contribution in [-0.4, -0.2) is 15.7 Å². The summed E-state index contributed by atoms with van der Waals surface area (Å²) in [5.74, 6) is 0. The van der Waals surface area contributed by atoms with E-state index in [-0.39, 0.29) is 0 Å². The Morgan fingerprint density at radius 1 is 1.26 bits per heavy atom. The van der Waals surface area contributed by atoms with Gasteiger partial charge in [0.2, 0.25) is 0 Å². The van der Waals surface area contributed by atoms with E-state index in [1.54, 1.807) is 6.20 Å². The molecule has 1 aliphatic rings. The van der Waals surface area contributed by atoms with Crippen LogP contribution in [0.25, 0.3) is 0 Å². The summed E-state index contributed by atoms with van der Waals surface area (Å²) >= 11 is 3.50. The van der Waals surface area contributed by atoms with Gasteiger partial charge in [-0.1, -0.05) is 28.1 Å². The number of aromatic nitrogens is 1. The Bertz CT molecular complexity index is 585. The highest BCUT2D eigenvalue weighted by Gasteiger charge is 2.32. The molecule has 1 aromatic carbocycles. The molecule has 0 saturated heterocycles. The fourth-order valence-electron chi connectivity index (χ4n) is 2.84. The number of nitrogens with zero attached hydrogens (tertiary/aromatic N) is 1. The molecule has 1 aliphatic carbocycles. The molecular weight excluding hydrogens is 302 g/mol. The van der Waals surface area contributed by atoms with Gasteiger partial charge in [-0.25, -0.2) is 0 Å². The van der Waals surface area contributed by atoms with Gasteiger partial charge in [0, 0.05) is 29.7 Å². The molecule has 1 atom stereocenters. The van der Waals surface area contributed by atoms with Gasteiger partial charge in [-0.2, -0.15) is 0 Å². The smallest absolute Gasteiger partial charge is 0.0731 e. The molecule has 19 heavy (non-hydrogen) atoms. The van der Waals surface area contributed by atoms with Crippen molar-refractivity contribution >= 4 is 15.9 Å². The first-order chi connectivity index (χ1) is 9.15. The van der Waals surface area contributed by atoms with Crippen LogP contribution >= 0.6 is 15.9 Å². The van der Waals surface area contributed by atoms with E-state index in [0.717, 1.165) is 29.3 Å². The second-order valence-electron chi connectivity index (χ2n) is 5.35. The van der Waals surface area contributed by atoms with Gasteiger partial charge in [-0.3, -0.25) is 4.98 Å². The van der Waals surface area contributed by atoms with Gasteiger partial charge in [0.25, 0.3) is 0 Å². The minimum Gasteiger partial charge on any atom is -0.389 e. The van der Waals surface area contributed by atoms with Gasteiger partial charge < -0.3 is 5.11 Å². The summed E-state index contributed by atoms with van der Waals surface area (Å²) in [4.78, 5) is 4.12. The van der Waals surface area contributed by atoms with Crippen molar-refractivity contribution < 1.29 is 5.11 Å². The number of pyridine rings is 1. The molecule has 1 heterocycles. The molecule has 0 aliphatic heterocycles. The maximum Gasteiger partial charge on any atom is 0.0731 e. The highest BCUT2D eigenvalue weighted by molar-refractivity contribution is 9.10. The van der Waals surface area contributed by atoms with Crippen LogP contribution in [0.4, 0.5) is 0 Å². The maximum absolute atomic E-state index is 10.8. The Morgan fingerprint density at radius 2 is 2.16 bits per heavy atom. The Hall–Kier alpha value is -1.19. The molecule has 0 spiro atoms. The Morgan fingerprint density at radius 3 is 2.95 bits per heavy atom. The third-order valence-corrected chi connectivity index (χ3v) is 4.30. The summed E-state index contributed by atoms with van der Waals surface area (Å²) in [5.41, 5.74) is 3.08. The zero-order valence-electron chi connectivity index (χ0n) is 10.6. The van der Waals surface area contributed by atoms with Crippen LogP contribution in [0.3, 0.4) is 0 Å². The molecule has 2 nitrogen and oxygen atoms in total. The summed E-state index contributed by atoms with van der Waals surface area (Å²) in [5, 5.41) is 10.8. The minimum absolute atomic E-state index is 0.635. The summed E-state index contributed by atoms with van der Waals surface area (Å²) < 4.78 is 1.11. The molecule has 3 heteroatoms. The molecule has 0 amide bonds. The van der Waals surface area contributed by atoms with Crippen molar-refractivity contribution in [2.75, 3.05) is 0 Å². The number of halogens is 1. The second-order valence-corrected chi connectivity index (χ2v) is 6.27. The minimum atomic E-state index is -0.635. The van der Waals surface area contributed by atoms with E-state index in [0.29, 0.717) is 6.42 Å². The van der Waals surface area contributed by atoms with E-state index in [2.05, 4.69) is 39.1 Å². The molecule has 2 aromatic rings. The van der Waals surface area contributed by atoms with Crippen LogP contribution in [0.5, 0.6) is 0 Å². The van der Waals surface area contributed by atoms with Crippen molar-refractivity contribution in [1.29, 1.82) is 0 Å². The van der Waals surface area contributed by atoms with Crippen molar-refractivity contribution in [2.24, 2.45) is 0 Å². The van der Waals surface area contributed by atoms with Crippen molar-refractivity contribution in [3.63, 3.8) is 0 Å². The molecule has 1 N–H and O–H groups in total. The van der Waals surface area contributed by atoms with Gasteiger partial charge in [0.15, 0.2) is 0 Å². The van der Waals surface area contributed by atoms with Crippen molar-refractivity contribution in [3.8, 4) is 0 Å². The lowest BCUT2D eigenvalue weighted by Crippen LogP contribution is -2.38. The largest absolute Gasteiger partial charge is 0.389 e. The maximum atomic E-state index is 10.8. The third-order valence-electron chi connectivity index (χ3n) is 3.80. The third kappa shape index (κ3) is 2.88. The lowest BCUT2D eigenvalue weighted by atomic mass is 9.77. The second kappa shape index (κ2) is 5.06. The molecular formula is C16H16BrNO. The zero-order valence-corrected chi connectivity index (χ0v) is 12.2. The number of benzene rings is 1. The average Bonchev–Trinajstić information content (AvgIpc) is 2.40. The predicted molar refractivity (Wildman–Crippen MR) is 79.1 cm³/mol. The van der Waals surface area contributed by atoms with Crippen LogP contribution in [0.1, 0.15) is 23.1 Å². The SMILES string of the molecule is OC1(Cc2cccnc2)CCc2cc(Br)ccc2C1. The zero-order chi connectivity index (χ0) is 13.3. The summed E-state index contributed by atoms with van der Waals surface area (Å²) in [6.45, 7) is 0. The van der Waals surface area contributed by atoms with Crippen LogP contribution < -0.4 is 0 Å². The normalized spacial score (nSPS) is 22.0. The van der Waals surface area contributed by atoms with E-state index in [1.165, 1.54) is 11.1 Å². The number of hydrogen-bond donors (Lipinski definition) is 1. The highest BCUT2D eigenvalue weighted by atomic mass is 79.9. The van der Waals surface area contributed by atoms with Crippen molar-refractivity contribution in [2.45, 2.75) is 31.3 Å². The molecule has 98 valence electrons. The first kappa shape index (κ1) is 12.8. The fraction of sp³-hybridized carbons (Fsp3) is 0.312. The molecule has 0 fully saturated rings. The number of aryl methyl sites for hydroxylation is 1. The highest BCUT2D eigenvalue weighted by Crippen LogP contribution is 2.32. The molecule has 0 saturated carbocycles. The van der Waals surface area contributed by atoms with Gasteiger partial charge >= 0.3 is 0 Å². The van der Waals surface area contributed by atoms with E-state index in [1.807, 2.05) is 18.3 Å². The first-order valence-corrected chi connectivity index (χ1v) is 7.33. The molecule has 0 bridgehead atoms. The first-order valence-electron chi connectivity index (χ1n) is 6.53. The predicted octanol–water partition coefficient (Wildman–Crippen LogP) is 3.31. The monoisotopic (exact) mass is 317 g/mol. The Balaban J connectivity index is 1.82. The van der Waals surface area contributed by atoms with Crippen LogP contribution in [0.2, 0.25) is 0 Å². The topological polar surface area (TPSA) is 33.1 Å². The molecule has 1 unspecified atom stereocenters. The molecule has 3 rings (SSSR count). The lowest BCUT2D eigenvalue weighted by Gasteiger charge is -2.33. The van der Waals surface area contributed by atoms with Crippen LogP contribution in [-0.2, 0) is 19.3 Å². The van der Waals surface area contributed by atoms with Crippen molar-refractivity contribution in [1.82, 2.24) is 4.98 Å². The summed E-state index contributed by atoms with van der Waals surface area (Å²) in [6, 6.07) is 10.3. The Labute approximate surface area is 121 Å². The number of hydrogen-bond acceptors (Lipinski definition) is 2. The molecule has 1 aromatic heterocycles. The average molecular weight is 318 g/mol. The van der Waals surface area contributed by atoms with Gasteiger partial charge in [-0.05, 0) is 47.7 Å². The fourth-order valence-corrected chi connectivity index (χ4v) is 3.25. The van der Waals surface area contributed by atoms with E-state index < -0.39 is 5.60 Å². The standard InChI is InChI=1S/C16H16BrNO/c17-15-4-3-14-10-16(19,6-5-13(14)8-15)9-12-2-1-7-18-11-12/h1-4,7-8,11,19H,5-6,9-10H2. The van der Waals surface area contributed by atoms with Gasteiger partial charge in [-0.15, -0.1) is 0 Å². The van der Waals surface area contributed by atoms with E-state index in [9.17, 15) is 5.11 Å². The number of rotatable bonds is 2. The van der Waals surface area contributed by atoms with E-state index >= 15 is 0 Å². The van der Waals surface area contributed by atoms with Crippen LogP contribution in [0.15, 0.2) is 47.2 Å². The van der Waals surface area contributed by atoms with Crippen LogP contribution in [0, 0.1) is 0 Å². The quantitative estimate of drug-likeness (QED) is 0.921. The summed E-state index contributed by atoms with van der Waals surface area (Å²) in [7, 11) is 0. The van der Waals surface area contributed by atoms with Gasteiger partial charge in [0.1, 0.15) is 0 Å².